The minimum absolute atomic E-state index is 0.0812. The summed E-state index contributed by atoms with van der Waals surface area (Å²) in [6.45, 7) is 9.69. The van der Waals surface area contributed by atoms with E-state index in [-0.39, 0.29) is 11.9 Å². The van der Waals surface area contributed by atoms with Gasteiger partial charge in [-0.25, -0.2) is 0 Å². The van der Waals surface area contributed by atoms with E-state index in [0.717, 1.165) is 44.2 Å². The zero-order valence-electron chi connectivity index (χ0n) is 16.5. The molecule has 0 radical (unpaired) electrons. The van der Waals surface area contributed by atoms with Crippen LogP contribution < -0.4 is 19.9 Å². The Morgan fingerprint density at radius 3 is 2.63 bits per heavy atom. The van der Waals surface area contributed by atoms with Gasteiger partial charge < -0.3 is 24.3 Å². The maximum absolute atomic E-state index is 12.3. The van der Waals surface area contributed by atoms with Crippen LogP contribution in [-0.4, -0.2) is 45.7 Å². The van der Waals surface area contributed by atoms with Crippen molar-refractivity contribution in [1.29, 1.82) is 0 Å². The molecular weight excluding hydrogens is 342 g/mol. The molecule has 0 unspecified atom stereocenters. The summed E-state index contributed by atoms with van der Waals surface area (Å²) >= 11 is 0. The van der Waals surface area contributed by atoms with Crippen LogP contribution in [-0.2, 0) is 11.3 Å². The lowest BCUT2D eigenvalue weighted by atomic mass is 10.1. The first kappa shape index (κ1) is 19.5. The average molecular weight is 373 g/mol. The van der Waals surface area contributed by atoms with Gasteiger partial charge in [-0.3, -0.25) is 4.79 Å². The van der Waals surface area contributed by atoms with Crippen molar-refractivity contribution in [3.05, 3.63) is 53.5 Å². The second kappa shape index (κ2) is 9.06. The number of quaternary nitrogens is 2. The number of methoxy groups -OCH3 is 1. The van der Waals surface area contributed by atoms with Crippen molar-refractivity contribution in [1.82, 2.24) is 5.32 Å². The summed E-state index contributed by atoms with van der Waals surface area (Å²) in [6, 6.07) is 9.99. The van der Waals surface area contributed by atoms with E-state index < -0.39 is 0 Å². The second-order valence-corrected chi connectivity index (χ2v) is 7.47. The first-order valence-electron chi connectivity index (χ1n) is 9.68. The molecule has 0 saturated carbocycles. The van der Waals surface area contributed by atoms with E-state index >= 15 is 0 Å². The number of aryl methyl sites for hydroxylation is 1. The van der Waals surface area contributed by atoms with Gasteiger partial charge in [0.15, 0.2) is 6.54 Å². The highest BCUT2D eigenvalue weighted by Gasteiger charge is 2.26. The van der Waals surface area contributed by atoms with Crippen LogP contribution in [0, 0.1) is 6.92 Å². The van der Waals surface area contributed by atoms with E-state index in [2.05, 4.69) is 30.4 Å². The van der Waals surface area contributed by atoms with Crippen LogP contribution in [0.5, 0.6) is 5.75 Å². The number of piperazine rings is 1. The third-order valence-electron chi connectivity index (χ3n) is 5.30. The molecule has 0 bridgehead atoms. The molecule has 1 aromatic carbocycles. The van der Waals surface area contributed by atoms with Crippen LogP contribution in [0.4, 0.5) is 0 Å². The molecule has 0 aliphatic carbocycles. The minimum Gasteiger partial charge on any atom is -0.496 e. The molecule has 27 heavy (non-hydrogen) atoms. The number of hydrogen-bond acceptors (Lipinski definition) is 3. The summed E-state index contributed by atoms with van der Waals surface area (Å²) in [5, 5.41) is 3.03. The summed E-state index contributed by atoms with van der Waals surface area (Å²) in [4.78, 5) is 15.2. The van der Waals surface area contributed by atoms with Gasteiger partial charge in [0.25, 0.3) is 5.91 Å². The Morgan fingerprint density at radius 1 is 1.22 bits per heavy atom. The van der Waals surface area contributed by atoms with Gasteiger partial charge in [-0.2, -0.15) is 0 Å². The van der Waals surface area contributed by atoms with Crippen molar-refractivity contribution < 1.29 is 23.7 Å². The number of furan rings is 1. The van der Waals surface area contributed by atoms with E-state index in [4.69, 9.17) is 9.15 Å². The smallest absolute Gasteiger partial charge is 0.275 e. The van der Waals surface area contributed by atoms with Gasteiger partial charge in [-0.15, -0.1) is 0 Å². The summed E-state index contributed by atoms with van der Waals surface area (Å²) in [5.74, 6) is 1.84. The van der Waals surface area contributed by atoms with Gasteiger partial charge in [-0.05, 0) is 38.1 Å². The maximum atomic E-state index is 12.3. The molecule has 3 rings (SSSR count). The second-order valence-electron chi connectivity index (χ2n) is 7.47. The van der Waals surface area contributed by atoms with E-state index in [9.17, 15) is 4.79 Å². The first-order chi connectivity index (χ1) is 13.0. The molecule has 1 saturated heterocycles. The fraction of sp³-hybridized carbons (Fsp3) is 0.476. The zero-order valence-corrected chi connectivity index (χ0v) is 16.5. The molecule has 0 spiro atoms. The molecule has 3 N–H and O–H groups in total. The highest BCUT2D eigenvalue weighted by Crippen LogP contribution is 2.18. The van der Waals surface area contributed by atoms with Crippen molar-refractivity contribution >= 4 is 5.91 Å². The van der Waals surface area contributed by atoms with Crippen molar-refractivity contribution in [3.63, 3.8) is 0 Å². The normalized spacial score (nSPS) is 20.9. The van der Waals surface area contributed by atoms with Gasteiger partial charge in [-0.1, -0.05) is 11.6 Å². The van der Waals surface area contributed by atoms with Crippen molar-refractivity contribution in [2.24, 2.45) is 0 Å². The van der Waals surface area contributed by atoms with Crippen LogP contribution in [0.3, 0.4) is 0 Å². The van der Waals surface area contributed by atoms with Crippen LogP contribution >= 0.6 is 0 Å². The van der Waals surface area contributed by atoms with Gasteiger partial charge in [0, 0.05) is 5.56 Å². The number of nitrogens with one attached hydrogen (secondary N) is 3. The fourth-order valence-electron chi connectivity index (χ4n) is 3.75. The predicted molar refractivity (Wildman–Crippen MR) is 103 cm³/mol. The van der Waals surface area contributed by atoms with E-state index in [1.807, 2.05) is 19.1 Å². The number of ether oxygens (including phenoxy) is 1. The largest absolute Gasteiger partial charge is 0.496 e. The van der Waals surface area contributed by atoms with Crippen molar-refractivity contribution in [2.45, 2.75) is 26.4 Å². The highest BCUT2D eigenvalue weighted by atomic mass is 16.5. The predicted octanol–water partition coefficient (Wildman–Crippen LogP) is -0.243. The molecule has 1 aliphatic heterocycles. The molecule has 1 atom stereocenters. The molecule has 2 heterocycles. The third kappa shape index (κ3) is 5.34. The summed E-state index contributed by atoms with van der Waals surface area (Å²) < 4.78 is 10.9. The summed E-state index contributed by atoms with van der Waals surface area (Å²) in [5.41, 5.74) is 2.53. The Kier molecular flexibility index (Phi) is 6.53. The fourth-order valence-corrected chi connectivity index (χ4v) is 3.75. The SMILES string of the molecule is COc1ccc(C)cc1C[NH+]1CC[NH+](CC(=O)N[C@@H](C)c2ccco2)CC1. The molecular formula is C21H31N3O3+2. The lowest BCUT2D eigenvalue weighted by Gasteiger charge is -2.30. The molecule has 1 fully saturated rings. The summed E-state index contributed by atoms with van der Waals surface area (Å²) in [7, 11) is 1.73. The number of hydrogen-bond donors (Lipinski definition) is 3. The van der Waals surface area contributed by atoms with Crippen LogP contribution in [0.2, 0.25) is 0 Å². The molecule has 2 aromatic rings. The number of carbonyl (C=O) groups excluding carboxylic acids is 1. The monoisotopic (exact) mass is 373 g/mol. The van der Waals surface area contributed by atoms with Crippen LogP contribution in [0.25, 0.3) is 0 Å². The molecule has 1 amide bonds. The van der Waals surface area contributed by atoms with E-state index in [1.165, 1.54) is 16.0 Å². The van der Waals surface area contributed by atoms with E-state index in [1.54, 1.807) is 18.3 Å². The topological polar surface area (TPSA) is 60.4 Å². The van der Waals surface area contributed by atoms with Crippen molar-refractivity contribution in [2.75, 3.05) is 39.8 Å². The van der Waals surface area contributed by atoms with Gasteiger partial charge in [0.1, 0.15) is 44.2 Å². The highest BCUT2D eigenvalue weighted by molar-refractivity contribution is 5.77. The van der Waals surface area contributed by atoms with Crippen molar-refractivity contribution in [3.8, 4) is 5.75 Å². The molecule has 1 aliphatic rings. The number of rotatable bonds is 7. The lowest BCUT2D eigenvalue weighted by Crippen LogP contribution is -3.28. The van der Waals surface area contributed by atoms with Gasteiger partial charge in [0.05, 0.1) is 19.4 Å². The number of amides is 1. The third-order valence-corrected chi connectivity index (χ3v) is 5.30. The quantitative estimate of drug-likeness (QED) is 0.628. The maximum Gasteiger partial charge on any atom is 0.275 e. The average Bonchev–Trinajstić information content (AvgIpc) is 3.18. The number of carbonyl (C=O) groups is 1. The molecule has 146 valence electrons. The Bertz CT molecular complexity index is 737. The van der Waals surface area contributed by atoms with Gasteiger partial charge in [0.2, 0.25) is 0 Å². The Hall–Kier alpha value is -2.31. The zero-order chi connectivity index (χ0) is 19.2. The number of benzene rings is 1. The Labute approximate surface area is 161 Å². The van der Waals surface area contributed by atoms with Crippen LogP contribution in [0.1, 0.15) is 29.9 Å². The van der Waals surface area contributed by atoms with Gasteiger partial charge >= 0.3 is 0 Å². The first-order valence-corrected chi connectivity index (χ1v) is 9.68. The Balaban J connectivity index is 1.45. The molecule has 1 aromatic heterocycles. The standard InChI is InChI=1S/C21H29N3O3/c1-16-6-7-20(26-3)18(13-16)14-23-8-10-24(11-9-23)15-21(25)22-17(2)19-5-4-12-27-19/h4-7,12-13,17H,8-11,14-15H2,1-3H3,(H,22,25)/p+2/t17-/m0/s1. The minimum atomic E-state index is -0.0902. The molecule has 6 nitrogen and oxygen atoms in total. The Morgan fingerprint density at radius 2 is 1.96 bits per heavy atom. The van der Waals surface area contributed by atoms with Crippen LogP contribution in [0.15, 0.2) is 41.0 Å². The molecule has 6 heteroatoms. The lowest BCUT2D eigenvalue weighted by molar-refractivity contribution is -1.02. The summed E-state index contributed by atoms with van der Waals surface area (Å²) in [6.07, 6.45) is 1.63. The van der Waals surface area contributed by atoms with E-state index in [0.29, 0.717) is 6.54 Å².